The van der Waals surface area contributed by atoms with E-state index >= 15 is 0 Å². The van der Waals surface area contributed by atoms with Crippen LogP contribution in [0.3, 0.4) is 0 Å². The molecule has 1 saturated heterocycles. The van der Waals surface area contributed by atoms with Crippen LogP contribution < -0.4 is 10.0 Å². The minimum Gasteiger partial charge on any atom is -0.378 e. The molecule has 0 saturated carbocycles. The highest BCUT2D eigenvalue weighted by molar-refractivity contribution is 7.89. The molecule has 1 aliphatic heterocycles. The van der Waals surface area contributed by atoms with Crippen molar-refractivity contribution in [2.75, 3.05) is 25.4 Å². The molecule has 1 aliphatic rings. The smallest absolute Gasteiger partial charge is 0.214 e. The van der Waals surface area contributed by atoms with Crippen molar-refractivity contribution in [1.82, 2.24) is 10.0 Å². The first-order chi connectivity index (χ1) is 8.23. The molecular formula is C12H26N2O3S. The zero-order valence-corrected chi connectivity index (χ0v) is 12.6. The Kier molecular flexibility index (Phi) is 5.58. The number of hydrogen-bond donors (Lipinski definition) is 2. The molecular weight excluding hydrogens is 252 g/mol. The summed E-state index contributed by atoms with van der Waals surface area (Å²) in [5.41, 5.74) is -0.0514. The van der Waals surface area contributed by atoms with Crippen LogP contribution in [0.2, 0.25) is 0 Å². The van der Waals surface area contributed by atoms with Gasteiger partial charge in [-0.05, 0) is 32.2 Å². The fourth-order valence-corrected chi connectivity index (χ4v) is 3.36. The lowest BCUT2D eigenvalue weighted by Gasteiger charge is -2.39. The van der Waals surface area contributed by atoms with Crippen LogP contribution in [-0.4, -0.2) is 46.0 Å². The van der Waals surface area contributed by atoms with Gasteiger partial charge < -0.3 is 10.1 Å². The van der Waals surface area contributed by atoms with Crippen molar-refractivity contribution in [1.29, 1.82) is 0 Å². The van der Waals surface area contributed by atoms with E-state index in [-0.39, 0.29) is 29.9 Å². The van der Waals surface area contributed by atoms with E-state index in [2.05, 4.69) is 23.9 Å². The molecule has 0 bridgehead atoms. The maximum atomic E-state index is 12.0. The molecule has 6 heteroatoms. The number of hydrogen-bond acceptors (Lipinski definition) is 4. The molecule has 0 aliphatic carbocycles. The van der Waals surface area contributed by atoms with Crippen LogP contribution in [0.5, 0.6) is 0 Å². The molecule has 0 amide bonds. The first kappa shape index (κ1) is 15.9. The Morgan fingerprint density at radius 3 is 2.67 bits per heavy atom. The van der Waals surface area contributed by atoms with E-state index in [1.165, 1.54) is 0 Å². The number of rotatable bonds is 6. The third-order valence-corrected chi connectivity index (χ3v) is 4.61. The summed E-state index contributed by atoms with van der Waals surface area (Å²) >= 11 is 0. The number of sulfonamides is 1. The Balaban J connectivity index is 2.48. The summed E-state index contributed by atoms with van der Waals surface area (Å²) in [6, 6.07) is 0.00259. The molecule has 1 rings (SSSR count). The van der Waals surface area contributed by atoms with Crippen LogP contribution in [-0.2, 0) is 14.8 Å². The first-order valence-electron chi connectivity index (χ1n) is 6.55. The number of piperidine rings is 1. The second-order valence-electron chi connectivity index (χ2n) is 5.86. The van der Waals surface area contributed by atoms with E-state index in [0.717, 1.165) is 19.5 Å². The highest BCUT2D eigenvalue weighted by Gasteiger charge is 2.34. The van der Waals surface area contributed by atoms with Crippen LogP contribution in [0.15, 0.2) is 0 Å². The Hall–Kier alpha value is -0.170. The summed E-state index contributed by atoms with van der Waals surface area (Å²) in [5, 5.41) is 3.29. The second kappa shape index (κ2) is 6.32. The average molecular weight is 278 g/mol. The minimum absolute atomic E-state index is 0.00259. The van der Waals surface area contributed by atoms with Gasteiger partial charge in [0.05, 0.1) is 18.5 Å². The van der Waals surface area contributed by atoms with Crippen molar-refractivity contribution in [3.63, 3.8) is 0 Å². The van der Waals surface area contributed by atoms with Gasteiger partial charge in [0.1, 0.15) is 0 Å². The largest absolute Gasteiger partial charge is 0.378 e. The van der Waals surface area contributed by atoms with Gasteiger partial charge in [-0.25, -0.2) is 13.1 Å². The van der Waals surface area contributed by atoms with E-state index in [4.69, 9.17) is 4.74 Å². The van der Waals surface area contributed by atoms with Crippen LogP contribution in [0.25, 0.3) is 0 Å². The summed E-state index contributed by atoms with van der Waals surface area (Å²) < 4.78 is 32.0. The molecule has 108 valence electrons. The van der Waals surface area contributed by atoms with Gasteiger partial charge in [0.25, 0.3) is 0 Å². The standard InChI is InChI=1S/C12H26N2O3S/c1-10(2)17-7-8-18(15,16)14-11-5-6-13-9-12(11,3)4/h10-11,13-14H,5-9H2,1-4H3. The Morgan fingerprint density at radius 1 is 1.44 bits per heavy atom. The molecule has 1 fully saturated rings. The fourth-order valence-electron chi connectivity index (χ4n) is 2.06. The normalized spacial score (nSPS) is 24.4. The molecule has 2 N–H and O–H groups in total. The second-order valence-corrected chi connectivity index (χ2v) is 7.74. The van der Waals surface area contributed by atoms with Crippen LogP contribution in [0, 0.1) is 5.41 Å². The highest BCUT2D eigenvalue weighted by atomic mass is 32.2. The Morgan fingerprint density at radius 2 is 2.11 bits per heavy atom. The summed E-state index contributed by atoms with van der Waals surface area (Å²) in [5.74, 6) is 0.0329. The molecule has 0 aromatic carbocycles. The number of ether oxygens (including phenoxy) is 1. The summed E-state index contributed by atoms with van der Waals surface area (Å²) in [7, 11) is -3.25. The van der Waals surface area contributed by atoms with Gasteiger partial charge in [-0.2, -0.15) is 0 Å². The van der Waals surface area contributed by atoms with Crippen molar-refractivity contribution in [2.45, 2.75) is 46.3 Å². The van der Waals surface area contributed by atoms with Gasteiger partial charge in [0.2, 0.25) is 10.0 Å². The lowest BCUT2D eigenvalue weighted by molar-refractivity contribution is 0.0909. The SMILES string of the molecule is CC(C)OCCS(=O)(=O)NC1CCNCC1(C)C. The monoisotopic (exact) mass is 278 g/mol. The molecule has 18 heavy (non-hydrogen) atoms. The van der Waals surface area contributed by atoms with E-state index in [1.54, 1.807) is 0 Å². The topological polar surface area (TPSA) is 67.4 Å². The van der Waals surface area contributed by atoms with Crippen LogP contribution in [0.1, 0.15) is 34.1 Å². The van der Waals surface area contributed by atoms with E-state index < -0.39 is 10.0 Å². The summed E-state index contributed by atoms with van der Waals surface area (Å²) in [6.07, 6.45) is 0.896. The zero-order chi connectivity index (χ0) is 13.8. The Labute approximate surface area is 111 Å². The molecule has 5 nitrogen and oxygen atoms in total. The Bertz CT molecular complexity index is 352. The quantitative estimate of drug-likeness (QED) is 0.751. The van der Waals surface area contributed by atoms with Crippen molar-refractivity contribution in [3.8, 4) is 0 Å². The first-order valence-corrected chi connectivity index (χ1v) is 8.20. The van der Waals surface area contributed by atoms with E-state index in [1.807, 2.05) is 13.8 Å². The lowest BCUT2D eigenvalue weighted by atomic mass is 9.81. The average Bonchev–Trinajstić information content (AvgIpc) is 2.20. The third kappa shape index (κ3) is 5.22. The minimum atomic E-state index is -3.25. The van der Waals surface area contributed by atoms with Gasteiger partial charge >= 0.3 is 0 Å². The van der Waals surface area contributed by atoms with Gasteiger partial charge in [0, 0.05) is 12.6 Å². The fraction of sp³-hybridized carbons (Fsp3) is 1.00. The molecule has 0 aromatic heterocycles. The van der Waals surface area contributed by atoms with Crippen molar-refractivity contribution < 1.29 is 13.2 Å². The van der Waals surface area contributed by atoms with Gasteiger partial charge in [-0.3, -0.25) is 0 Å². The lowest BCUT2D eigenvalue weighted by Crippen LogP contribution is -2.54. The molecule has 0 aromatic rings. The third-order valence-electron chi connectivity index (χ3n) is 3.26. The van der Waals surface area contributed by atoms with Crippen LogP contribution >= 0.6 is 0 Å². The summed E-state index contributed by atoms with van der Waals surface area (Å²) in [6.45, 7) is 9.90. The molecule has 1 heterocycles. The maximum absolute atomic E-state index is 12.0. The molecule has 0 radical (unpaired) electrons. The predicted octanol–water partition coefficient (Wildman–Crippen LogP) is 0.719. The van der Waals surface area contributed by atoms with Gasteiger partial charge in [0.15, 0.2) is 0 Å². The molecule has 1 unspecified atom stereocenters. The van der Waals surface area contributed by atoms with Crippen molar-refractivity contribution in [3.05, 3.63) is 0 Å². The van der Waals surface area contributed by atoms with Gasteiger partial charge in [-0.1, -0.05) is 13.8 Å². The maximum Gasteiger partial charge on any atom is 0.214 e. The zero-order valence-electron chi connectivity index (χ0n) is 11.8. The van der Waals surface area contributed by atoms with Gasteiger partial charge in [-0.15, -0.1) is 0 Å². The predicted molar refractivity (Wildman–Crippen MR) is 73.1 cm³/mol. The summed E-state index contributed by atoms with van der Waals surface area (Å²) in [4.78, 5) is 0. The molecule has 1 atom stereocenters. The number of nitrogens with one attached hydrogen (secondary N) is 2. The molecule has 0 spiro atoms. The van der Waals surface area contributed by atoms with Crippen LogP contribution in [0.4, 0.5) is 0 Å². The van der Waals surface area contributed by atoms with E-state index in [9.17, 15) is 8.42 Å². The highest BCUT2D eigenvalue weighted by Crippen LogP contribution is 2.25. The van der Waals surface area contributed by atoms with Crippen molar-refractivity contribution in [2.24, 2.45) is 5.41 Å². The van der Waals surface area contributed by atoms with E-state index in [0.29, 0.717) is 0 Å². The van der Waals surface area contributed by atoms with Crippen molar-refractivity contribution >= 4 is 10.0 Å².